The van der Waals surface area contributed by atoms with Crippen LogP contribution in [-0.4, -0.2) is 52.5 Å². The first kappa shape index (κ1) is 20.2. The molecule has 0 radical (unpaired) electrons. The first-order valence-electron chi connectivity index (χ1n) is 9.11. The van der Waals surface area contributed by atoms with E-state index in [1.165, 1.54) is 18.4 Å². The Balaban J connectivity index is 1.71. The summed E-state index contributed by atoms with van der Waals surface area (Å²) in [5, 5.41) is 2.65. The number of rotatable bonds is 5. The third-order valence-corrected chi connectivity index (χ3v) is 5.32. The Morgan fingerprint density at radius 2 is 2.04 bits per heavy atom. The number of carbonyl (C=O) groups is 3. The van der Waals surface area contributed by atoms with Gasteiger partial charge in [0.2, 0.25) is 5.91 Å². The van der Waals surface area contributed by atoms with Crippen LogP contribution in [0.25, 0.3) is 0 Å². The quantitative estimate of drug-likeness (QED) is 0.769. The molecule has 154 valence electrons. The highest BCUT2D eigenvalue weighted by Crippen LogP contribution is 2.36. The number of imide groups is 1. The van der Waals surface area contributed by atoms with Crippen LogP contribution in [0.3, 0.4) is 0 Å². The van der Waals surface area contributed by atoms with Gasteiger partial charge in [-0.3, -0.25) is 14.5 Å². The van der Waals surface area contributed by atoms with Crippen molar-refractivity contribution in [3.8, 4) is 0 Å². The Morgan fingerprint density at radius 3 is 2.61 bits per heavy atom. The zero-order chi connectivity index (χ0) is 20.5. The molecule has 2 aliphatic rings. The Hall–Kier alpha value is -2.52. The summed E-state index contributed by atoms with van der Waals surface area (Å²) in [6, 6.07) is 2.21. The molecule has 1 saturated heterocycles. The molecule has 1 aromatic rings. The van der Waals surface area contributed by atoms with Gasteiger partial charge >= 0.3 is 12.2 Å². The fourth-order valence-electron chi connectivity index (χ4n) is 3.69. The summed E-state index contributed by atoms with van der Waals surface area (Å²) in [5.74, 6) is -0.907. The van der Waals surface area contributed by atoms with E-state index in [0.29, 0.717) is 23.7 Å². The second kappa shape index (κ2) is 7.48. The number of halogens is 3. The molecular weight excluding hydrogens is 379 g/mol. The van der Waals surface area contributed by atoms with Crippen molar-refractivity contribution in [2.75, 3.05) is 13.1 Å². The van der Waals surface area contributed by atoms with Crippen molar-refractivity contribution in [1.29, 1.82) is 0 Å². The molecule has 28 heavy (non-hydrogen) atoms. The van der Waals surface area contributed by atoms with Crippen LogP contribution in [0.2, 0.25) is 0 Å². The second-order valence-corrected chi connectivity index (χ2v) is 7.53. The van der Waals surface area contributed by atoms with E-state index < -0.39 is 49.2 Å². The summed E-state index contributed by atoms with van der Waals surface area (Å²) < 4.78 is 43.7. The molecular formula is C18H22F3N3O4. The SMILES string of the molecule is CC1CCC2(CC1)NC(=O)N(CC(=O)N(Cc1ccco1)CC(F)(F)F)C2=O. The average Bonchev–Trinajstić information content (AvgIpc) is 3.19. The molecule has 0 bridgehead atoms. The van der Waals surface area contributed by atoms with E-state index in [1.807, 2.05) is 0 Å². The normalized spacial score (nSPS) is 25.3. The van der Waals surface area contributed by atoms with E-state index in [-0.39, 0.29) is 5.76 Å². The number of furan rings is 1. The van der Waals surface area contributed by atoms with E-state index in [9.17, 15) is 27.6 Å². The number of amides is 4. The predicted octanol–water partition coefficient (Wildman–Crippen LogP) is 2.67. The highest BCUT2D eigenvalue weighted by molar-refractivity contribution is 6.09. The lowest BCUT2D eigenvalue weighted by molar-refractivity contribution is -0.163. The molecule has 0 aromatic carbocycles. The monoisotopic (exact) mass is 401 g/mol. The Bertz CT molecular complexity index is 740. The summed E-state index contributed by atoms with van der Waals surface area (Å²) >= 11 is 0. The lowest BCUT2D eigenvalue weighted by Crippen LogP contribution is -2.50. The van der Waals surface area contributed by atoms with Crippen molar-refractivity contribution in [3.05, 3.63) is 24.2 Å². The summed E-state index contributed by atoms with van der Waals surface area (Å²) in [7, 11) is 0. The van der Waals surface area contributed by atoms with Crippen LogP contribution in [0.5, 0.6) is 0 Å². The number of nitrogens with one attached hydrogen (secondary N) is 1. The van der Waals surface area contributed by atoms with Crippen LogP contribution in [0.1, 0.15) is 38.4 Å². The maximum atomic E-state index is 12.9. The molecule has 1 aromatic heterocycles. The highest BCUT2D eigenvalue weighted by Gasteiger charge is 2.52. The first-order valence-corrected chi connectivity index (χ1v) is 9.11. The minimum atomic E-state index is -4.62. The van der Waals surface area contributed by atoms with Gasteiger partial charge in [-0.15, -0.1) is 0 Å². The molecule has 1 aliphatic heterocycles. The van der Waals surface area contributed by atoms with Crippen molar-refractivity contribution in [3.63, 3.8) is 0 Å². The highest BCUT2D eigenvalue weighted by atomic mass is 19.4. The van der Waals surface area contributed by atoms with Gasteiger partial charge in [-0.1, -0.05) is 6.92 Å². The molecule has 0 unspecified atom stereocenters. The van der Waals surface area contributed by atoms with Crippen LogP contribution < -0.4 is 5.32 Å². The van der Waals surface area contributed by atoms with Gasteiger partial charge in [0.15, 0.2) is 0 Å². The lowest BCUT2D eigenvalue weighted by atomic mass is 9.77. The largest absolute Gasteiger partial charge is 0.467 e. The molecule has 1 N–H and O–H groups in total. The van der Waals surface area contributed by atoms with Gasteiger partial charge in [0, 0.05) is 0 Å². The molecule has 1 aliphatic carbocycles. The summed E-state index contributed by atoms with van der Waals surface area (Å²) in [6.07, 6.45) is -0.902. The van der Waals surface area contributed by atoms with E-state index in [1.54, 1.807) is 0 Å². The van der Waals surface area contributed by atoms with Crippen molar-refractivity contribution < 1.29 is 32.0 Å². The minimum Gasteiger partial charge on any atom is -0.467 e. The summed E-state index contributed by atoms with van der Waals surface area (Å²) in [4.78, 5) is 38.9. The Labute approximate surface area is 159 Å². The summed E-state index contributed by atoms with van der Waals surface area (Å²) in [6.45, 7) is -0.589. The number of urea groups is 1. The summed E-state index contributed by atoms with van der Waals surface area (Å²) in [5.41, 5.74) is -1.04. The van der Waals surface area contributed by atoms with Crippen LogP contribution in [-0.2, 0) is 16.1 Å². The number of nitrogens with zero attached hydrogens (tertiary/aromatic N) is 2. The molecule has 1 spiro atoms. The van der Waals surface area contributed by atoms with Crippen molar-refractivity contribution in [1.82, 2.24) is 15.1 Å². The standard InChI is InChI=1S/C18H22F3N3O4/c1-12-4-6-17(7-5-12)15(26)24(16(27)22-17)10-14(25)23(11-18(19,20)21)9-13-3-2-8-28-13/h2-3,8,12H,4-7,9-11H2,1H3,(H,22,27). The molecule has 4 amide bonds. The fourth-order valence-corrected chi connectivity index (χ4v) is 3.69. The Morgan fingerprint density at radius 1 is 1.36 bits per heavy atom. The van der Waals surface area contributed by atoms with E-state index >= 15 is 0 Å². The van der Waals surface area contributed by atoms with Crippen LogP contribution in [0, 0.1) is 5.92 Å². The van der Waals surface area contributed by atoms with E-state index in [2.05, 4.69) is 12.2 Å². The first-order chi connectivity index (χ1) is 13.1. The van der Waals surface area contributed by atoms with Gasteiger partial charge in [0.1, 0.15) is 24.4 Å². The molecule has 10 heteroatoms. The average molecular weight is 401 g/mol. The zero-order valence-electron chi connectivity index (χ0n) is 15.4. The Kier molecular flexibility index (Phi) is 5.40. The molecule has 2 heterocycles. The van der Waals surface area contributed by atoms with Gasteiger partial charge in [-0.25, -0.2) is 4.79 Å². The third kappa shape index (κ3) is 4.31. The molecule has 0 atom stereocenters. The van der Waals surface area contributed by atoms with Crippen molar-refractivity contribution in [2.45, 2.75) is 50.9 Å². The maximum Gasteiger partial charge on any atom is 0.406 e. The minimum absolute atomic E-state index is 0.174. The van der Waals surface area contributed by atoms with Gasteiger partial charge < -0.3 is 14.6 Å². The van der Waals surface area contributed by atoms with E-state index in [4.69, 9.17) is 4.42 Å². The van der Waals surface area contributed by atoms with E-state index in [0.717, 1.165) is 17.7 Å². The predicted molar refractivity (Wildman–Crippen MR) is 90.8 cm³/mol. The van der Waals surface area contributed by atoms with Crippen LogP contribution in [0.4, 0.5) is 18.0 Å². The molecule has 3 rings (SSSR count). The zero-order valence-corrected chi connectivity index (χ0v) is 15.4. The van der Waals surface area contributed by atoms with Gasteiger partial charge in [0.05, 0.1) is 12.8 Å². The van der Waals surface area contributed by atoms with Crippen LogP contribution in [0.15, 0.2) is 22.8 Å². The molecule has 7 nitrogen and oxygen atoms in total. The smallest absolute Gasteiger partial charge is 0.406 e. The van der Waals surface area contributed by atoms with Crippen LogP contribution >= 0.6 is 0 Å². The fraction of sp³-hybridized carbons (Fsp3) is 0.611. The number of hydrogen-bond acceptors (Lipinski definition) is 4. The van der Waals surface area contributed by atoms with Gasteiger partial charge in [0.25, 0.3) is 5.91 Å². The van der Waals surface area contributed by atoms with Crippen molar-refractivity contribution in [2.24, 2.45) is 5.92 Å². The second-order valence-electron chi connectivity index (χ2n) is 7.53. The van der Waals surface area contributed by atoms with Gasteiger partial charge in [-0.2, -0.15) is 13.2 Å². The van der Waals surface area contributed by atoms with Crippen molar-refractivity contribution >= 4 is 17.8 Å². The third-order valence-electron chi connectivity index (χ3n) is 5.32. The topological polar surface area (TPSA) is 82.9 Å². The molecule has 1 saturated carbocycles. The number of carbonyl (C=O) groups excluding carboxylic acids is 3. The number of alkyl halides is 3. The maximum absolute atomic E-state index is 12.9. The molecule has 2 fully saturated rings. The number of hydrogen-bond donors (Lipinski definition) is 1. The van der Waals surface area contributed by atoms with Gasteiger partial charge in [-0.05, 0) is 43.7 Å². The lowest BCUT2D eigenvalue weighted by Gasteiger charge is -2.33.